The van der Waals surface area contributed by atoms with E-state index in [0.717, 1.165) is 10.0 Å². The quantitative estimate of drug-likeness (QED) is 0.276. The lowest BCUT2D eigenvalue weighted by Gasteiger charge is -2.25. The SMILES string of the molecule is C#CCOc1c(/C=c2\sc3n(c2=O)[C@H](c2ccc(Cl)cc2)C(C(=O)Nc2ccccc2)=C(C)N=3)cc(Br)cc1OC. The summed E-state index contributed by atoms with van der Waals surface area (Å²) in [6.45, 7) is 1.79. The highest BCUT2D eigenvalue weighted by Crippen LogP contribution is 2.36. The highest BCUT2D eigenvalue weighted by Gasteiger charge is 2.32. The first kappa shape index (κ1) is 28.4. The van der Waals surface area contributed by atoms with E-state index in [0.29, 0.717) is 48.4 Å². The zero-order chi connectivity index (χ0) is 29.1. The third kappa shape index (κ3) is 5.86. The number of rotatable bonds is 7. The first-order valence-corrected chi connectivity index (χ1v) is 14.4. The normalized spacial score (nSPS) is 14.6. The summed E-state index contributed by atoms with van der Waals surface area (Å²) in [4.78, 5) is 32.9. The molecule has 5 rings (SSSR count). The van der Waals surface area contributed by atoms with E-state index in [1.165, 1.54) is 18.4 Å². The molecule has 0 unspecified atom stereocenters. The van der Waals surface area contributed by atoms with Gasteiger partial charge in [-0.25, -0.2) is 4.99 Å². The first-order valence-electron chi connectivity index (χ1n) is 12.4. The standard InChI is InChI=1S/C31H23BrClN3O4S/c1-4-14-40-28-20(15-21(32)17-24(28)39-3)16-25-30(38)36-27(19-10-12-22(33)13-11-19)26(18(2)34-31(36)41-25)29(37)35-23-8-6-5-7-9-23/h1,5-13,15-17,27H,14H2,2-3H3,(H,35,37)/b25-16-/t27-/m1/s1. The molecule has 41 heavy (non-hydrogen) atoms. The van der Waals surface area contributed by atoms with Crippen LogP contribution < -0.4 is 29.7 Å². The molecule has 10 heteroatoms. The van der Waals surface area contributed by atoms with Crippen LogP contribution in [0.4, 0.5) is 5.69 Å². The van der Waals surface area contributed by atoms with Gasteiger partial charge in [0.05, 0.1) is 29.0 Å². The van der Waals surface area contributed by atoms with E-state index >= 15 is 0 Å². The number of thiazole rings is 1. The van der Waals surface area contributed by atoms with Gasteiger partial charge in [-0.1, -0.05) is 75.1 Å². The predicted octanol–water partition coefficient (Wildman–Crippen LogP) is 5.31. The second kappa shape index (κ2) is 12.2. The number of allylic oxidation sites excluding steroid dienone is 1. The molecule has 0 spiro atoms. The molecule has 1 amide bonds. The summed E-state index contributed by atoms with van der Waals surface area (Å²) in [5.41, 5.74) is 2.50. The van der Waals surface area contributed by atoms with Crippen molar-refractivity contribution < 1.29 is 14.3 Å². The Morgan fingerprint density at radius 2 is 1.95 bits per heavy atom. The monoisotopic (exact) mass is 647 g/mol. The topological polar surface area (TPSA) is 81.9 Å². The average molecular weight is 649 g/mol. The van der Waals surface area contributed by atoms with Gasteiger partial charge in [0.2, 0.25) is 0 Å². The van der Waals surface area contributed by atoms with Gasteiger partial charge in [0.25, 0.3) is 11.5 Å². The van der Waals surface area contributed by atoms with Crippen LogP contribution in [-0.4, -0.2) is 24.2 Å². The summed E-state index contributed by atoms with van der Waals surface area (Å²) in [5, 5.41) is 3.48. The second-order valence-corrected chi connectivity index (χ2v) is 11.3. The number of hydrogen-bond acceptors (Lipinski definition) is 6. The number of terminal acetylenes is 1. The Hall–Kier alpha value is -4.10. The van der Waals surface area contributed by atoms with Crippen molar-refractivity contribution in [3.05, 3.63) is 118 Å². The van der Waals surface area contributed by atoms with Crippen LogP contribution in [-0.2, 0) is 4.79 Å². The molecular weight excluding hydrogens is 626 g/mol. The Labute approximate surface area is 253 Å². The van der Waals surface area contributed by atoms with Crippen LogP contribution in [0.15, 0.2) is 92.3 Å². The maximum Gasteiger partial charge on any atom is 0.271 e. The van der Waals surface area contributed by atoms with Crippen molar-refractivity contribution >= 4 is 56.5 Å². The van der Waals surface area contributed by atoms with E-state index in [2.05, 4.69) is 27.2 Å². The molecule has 0 aliphatic carbocycles. The fourth-order valence-corrected chi connectivity index (χ4v) is 6.17. The van der Waals surface area contributed by atoms with Gasteiger partial charge in [-0.15, -0.1) is 6.42 Å². The lowest BCUT2D eigenvalue weighted by atomic mass is 9.95. The summed E-state index contributed by atoms with van der Waals surface area (Å²) in [6, 6.07) is 19.1. The molecule has 0 saturated heterocycles. The number of carbonyl (C=O) groups is 1. The van der Waals surface area contributed by atoms with E-state index in [4.69, 9.17) is 32.5 Å². The van der Waals surface area contributed by atoms with Crippen molar-refractivity contribution in [3.63, 3.8) is 0 Å². The number of aromatic nitrogens is 1. The Balaban J connectivity index is 1.69. The number of hydrogen-bond donors (Lipinski definition) is 1. The minimum absolute atomic E-state index is 0.0235. The zero-order valence-corrected chi connectivity index (χ0v) is 25.1. The molecule has 4 aromatic rings. The fraction of sp³-hybridized carbons (Fsp3) is 0.129. The van der Waals surface area contributed by atoms with Crippen molar-refractivity contribution in [2.45, 2.75) is 13.0 Å². The summed E-state index contributed by atoms with van der Waals surface area (Å²) in [5.74, 6) is 2.97. The molecule has 0 radical (unpaired) electrons. The number of anilines is 1. The van der Waals surface area contributed by atoms with Gasteiger partial charge in [0.15, 0.2) is 16.3 Å². The number of halogens is 2. The third-order valence-electron chi connectivity index (χ3n) is 6.34. The maximum absolute atomic E-state index is 14.1. The number of para-hydroxylation sites is 1. The summed E-state index contributed by atoms with van der Waals surface area (Å²) in [7, 11) is 1.53. The molecule has 1 N–H and O–H groups in total. The molecular formula is C31H23BrClN3O4S. The number of carbonyl (C=O) groups excluding carboxylic acids is 1. The Morgan fingerprint density at radius 1 is 1.22 bits per heavy atom. The highest BCUT2D eigenvalue weighted by molar-refractivity contribution is 9.10. The van der Waals surface area contributed by atoms with E-state index < -0.39 is 6.04 Å². The molecule has 2 heterocycles. The summed E-state index contributed by atoms with van der Waals surface area (Å²) in [6.07, 6.45) is 7.14. The maximum atomic E-state index is 14.1. The van der Waals surface area contributed by atoms with E-state index in [1.54, 1.807) is 47.9 Å². The minimum Gasteiger partial charge on any atom is -0.493 e. The number of nitrogens with zero attached hydrogens (tertiary/aromatic N) is 2. The Kier molecular flexibility index (Phi) is 8.45. The molecule has 0 fully saturated rings. The summed E-state index contributed by atoms with van der Waals surface area (Å²) < 4.78 is 14.0. The number of amides is 1. The van der Waals surface area contributed by atoms with Crippen molar-refractivity contribution in [1.82, 2.24) is 4.57 Å². The van der Waals surface area contributed by atoms with Crippen LogP contribution in [0, 0.1) is 12.3 Å². The minimum atomic E-state index is -0.733. The van der Waals surface area contributed by atoms with Gasteiger partial charge in [-0.3, -0.25) is 14.2 Å². The lowest BCUT2D eigenvalue weighted by molar-refractivity contribution is -0.113. The van der Waals surface area contributed by atoms with Crippen molar-refractivity contribution in [2.24, 2.45) is 4.99 Å². The molecule has 206 valence electrons. The van der Waals surface area contributed by atoms with Gasteiger partial charge >= 0.3 is 0 Å². The van der Waals surface area contributed by atoms with Crippen LogP contribution in [0.1, 0.15) is 24.1 Å². The molecule has 1 atom stereocenters. The molecule has 0 saturated carbocycles. The number of benzene rings is 3. The van der Waals surface area contributed by atoms with E-state index in [1.807, 2.05) is 36.4 Å². The predicted molar refractivity (Wildman–Crippen MR) is 165 cm³/mol. The van der Waals surface area contributed by atoms with E-state index in [9.17, 15) is 9.59 Å². The molecule has 1 aliphatic rings. The van der Waals surface area contributed by atoms with Crippen LogP contribution in [0.25, 0.3) is 6.08 Å². The van der Waals surface area contributed by atoms with Crippen LogP contribution >= 0.6 is 38.9 Å². The van der Waals surface area contributed by atoms with Crippen LogP contribution in [0.2, 0.25) is 5.02 Å². The van der Waals surface area contributed by atoms with Crippen LogP contribution in [0.5, 0.6) is 11.5 Å². The van der Waals surface area contributed by atoms with Gasteiger partial charge in [-0.05, 0) is 55.0 Å². The second-order valence-electron chi connectivity index (χ2n) is 8.97. The van der Waals surface area contributed by atoms with Gasteiger partial charge in [-0.2, -0.15) is 0 Å². The number of ether oxygens (including phenoxy) is 2. The molecule has 1 aliphatic heterocycles. The molecule has 0 bridgehead atoms. The molecule has 1 aromatic heterocycles. The van der Waals surface area contributed by atoms with Gasteiger partial charge < -0.3 is 14.8 Å². The zero-order valence-electron chi connectivity index (χ0n) is 22.0. The Morgan fingerprint density at radius 3 is 2.63 bits per heavy atom. The number of fused-ring (bicyclic) bond motifs is 1. The smallest absolute Gasteiger partial charge is 0.271 e. The molecule has 3 aromatic carbocycles. The van der Waals surface area contributed by atoms with Gasteiger partial charge in [0, 0.05) is 20.7 Å². The van der Waals surface area contributed by atoms with Crippen LogP contribution in [0.3, 0.4) is 0 Å². The van der Waals surface area contributed by atoms with Crippen molar-refractivity contribution in [1.29, 1.82) is 0 Å². The van der Waals surface area contributed by atoms with Crippen molar-refractivity contribution in [3.8, 4) is 23.8 Å². The third-order valence-corrected chi connectivity index (χ3v) is 8.03. The lowest BCUT2D eigenvalue weighted by Crippen LogP contribution is -2.40. The first-order chi connectivity index (χ1) is 19.8. The fourth-order valence-electron chi connectivity index (χ4n) is 4.55. The number of nitrogens with one attached hydrogen (secondary N) is 1. The Bertz CT molecular complexity index is 1890. The number of methoxy groups -OCH3 is 1. The average Bonchev–Trinajstić information content (AvgIpc) is 3.26. The highest BCUT2D eigenvalue weighted by atomic mass is 79.9. The summed E-state index contributed by atoms with van der Waals surface area (Å²) >= 11 is 10.9. The largest absolute Gasteiger partial charge is 0.493 e. The van der Waals surface area contributed by atoms with Gasteiger partial charge in [0.1, 0.15) is 6.61 Å². The molecule has 7 nitrogen and oxygen atoms in total. The van der Waals surface area contributed by atoms with E-state index in [-0.39, 0.29) is 18.1 Å². The van der Waals surface area contributed by atoms with Crippen molar-refractivity contribution in [2.75, 3.05) is 19.0 Å².